The quantitative estimate of drug-likeness (QED) is 0.620. The molecule has 88 valence electrons. The summed E-state index contributed by atoms with van der Waals surface area (Å²) in [6.07, 6.45) is 0. The SMILES string of the molecule is Cc1cc2c(cc1CNCCS)OCCO2. The Bertz CT molecular complexity index is 368. The van der Waals surface area contributed by atoms with E-state index in [0.29, 0.717) is 13.2 Å². The molecule has 0 saturated carbocycles. The van der Waals surface area contributed by atoms with Crippen LogP contribution in [0.1, 0.15) is 11.1 Å². The standard InChI is InChI=1S/C12H17NO2S/c1-9-6-11-12(15-4-3-14-11)7-10(9)8-13-2-5-16/h6-7,13,16H,2-5,8H2,1H3. The van der Waals surface area contributed by atoms with E-state index in [2.05, 4.69) is 30.9 Å². The molecule has 0 radical (unpaired) electrons. The number of ether oxygens (including phenoxy) is 2. The van der Waals surface area contributed by atoms with Gasteiger partial charge in [0.2, 0.25) is 0 Å². The molecule has 4 heteroatoms. The number of benzene rings is 1. The van der Waals surface area contributed by atoms with E-state index in [9.17, 15) is 0 Å². The second-order valence-electron chi connectivity index (χ2n) is 3.82. The van der Waals surface area contributed by atoms with Gasteiger partial charge in [0.25, 0.3) is 0 Å². The van der Waals surface area contributed by atoms with Crippen molar-refractivity contribution in [2.45, 2.75) is 13.5 Å². The van der Waals surface area contributed by atoms with E-state index in [1.165, 1.54) is 11.1 Å². The first-order valence-corrected chi connectivity index (χ1v) is 6.15. The van der Waals surface area contributed by atoms with Gasteiger partial charge in [-0.25, -0.2) is 0 Å². The molecule has 3 nitrogen and oxygen atoms in total. The Balaban J connectivity index is 2.12. The molecule has 1 heterocycles. The van der Waals surface area contributed by atoms with E-state index in [1.54, 1.807) is 0 Å². The molecule has 0 unspecified atom stereocenters. The number of rotatable bonds is 4. The van der Waals surface area contributed by atoms with Crippen molar-refractivity contribution < 1.29 is 9.47 Å². The van der Waals surface area contributed by atoms with Gasteiger partial charge in [0.05, 0.1) is 0 Å². The van der Waals surface area contributed by atoms with Gasteiger partial charge in [-0.05, 0) is 30.2 Å². The molecule has 0 fully saturated rings. The molecule has 1 aliphatic heterocycles. The molecule has 2 rings (SSSR count). The number of thiol groups is 1. The summed E-state index contributed by atoms with van der Waals surface area (Å²) < 4.78 is 11.1. The zero-order chi connectivity index (χ0) is 11.4. The Labute approximate surface area is 102 Å². The highest BCUT2D eigenvalue weighted by molar-refractivity contribution is 7.80. The van der Waals surface area contributed by atoms with Crippen LogP contribution < -0.4 is 14.8 Å². The molecular formula is C12H17NO2S. The smallest absolute Gasteiger partial charge is 0.161 e. The molecule has 1 aromatic carbocycles. The van der Waals surface area contributed by atoms with Gasteiger partial charge < -0.3 is 14.8 Å². The molecular weight excluding hydrogens is 222 g/mol. The molecule has 0 amide bonds. The first kappa shape index (κ1) is 11.6. The second kappa shape index (κ2) is 5.46. The maximum atomic E-state index is 5.56. The lowest BCUT2D eigenvalue weighted by Crippen LogP contribution is -2.18. The van der Waals surface area contributed by atoms with Gasteiger partial charge in [0.1, 0.15) is 13.2 Å². The Morgan fingerprint density at radius 3 is 2.62 bits per heavy atom. The summed E-state index contributed by atoms with van der Waals surface area (Å²) in [5, 5.41) is 3.33. The number of hydrogen-bond acceptors (Lipinski definition) is 4. The summed E-state index contributed by atoms with van der Waals surface area (Å²) in [5.74, 6) is 2.57. The highest BCUT2D eigenvalue weighted by atomic mass is 32.1. The van der Waals surface area contributed by atoms with E-state index in [1.807, 2.05) is 6.07 Å². The van der Waals surface area contributed by atoms with Gasteiger partial charge in [-0.1, -0.05) is 0 Å². The Morgan fingerprint density at radius 2 is 1.94 bits per heavy atom. The van der Waals surface area contributed by atoms with Crippen molar-refractivity contribution in [2.75, 3.05) is 25.5 Å². The van der Waals surface area contributed by atoms with Gasteiger partial charge >= 0.3 is 0 Å². The van der Waals surface area contributed by atoms with Crippen LogP contribution in [-0.4, -0.2) is 25.5 Å². The van der Waals surface area contributed by atoms with Crippen LogP contribution in [0.3, 0.4) is 0 Å². The fourth-order valence-corrected chi connectivity index (χ4v) is 1.88. The Morgan fingerprint density at radius 1 is 1.25 bits per heavy atom. The van der Waals surface area contributed by atoms with E-state index in [4.69, 9.17) is 9.47 Å². The minimum atomic E-state index is 0.638. The third-order valence-electron chi connectivity index (χ3n) is 2.60. The first-order chi connectivity index (χ1) is 7.81. The van der Waals surface area contributed by atoms with Crippen LogP contribution >= 0.6 is 12.6 Å². The fraction of sp³-hybridized carbons (Fsp3) is 0.500. The monoisotopic (exact) mass is 239 g/mol. The van der Waals surface area contributed by atoms with E-state index in [0.717, 1.165) is 30.3 Å². The summed E-state index contributed by atoms with van der Waals surface area (Å²) >= 11 is 4.17. The highest BCUT2D eigenvalue weighted by Crippen LogP contribution is 2.32. The maximum absolute atomic E-state index is 5.56. The third kappa shape index (κ3) is 2.62. The van der Waals surface area contributed by atoms with Crippen molar-refractivity contribution in [2.24, 2.45) is 0 Å². The molecule has 1 aliphatic rings. The van der Waals surface area contributed by atoms with Crippen LogP contribution in [-0.2, 0) is 6.54 Å². The summed E-state index contributed by atoms with van der Waals surface area (Å²) in [5.41, 5.74) is 2.49. The van der Waals surface area contributed by atoms with Gasteiger partial charge in [-0.2, -0.15) is 12.6 Å². The number of fused-ring (bicyclic) bond motifs is 1. The van der Waals surface area contributed by atoms with Crippen molar-refractivity contribution in [1.29, 1.82) is 0 Å². The van der Waals surface area contributed by atoms with E-state index < -0.39 is 0 Å². The van der Waals surface area contributed by atoms with Crippen LogP contribution in [0.15, 0.2) is 12.1 Å². The number of nitrogens with one attached hydrogen (secondary N) is 1. The molecule has 0 aliphatic carbocycles. The van der Waals surface area contributed by atoms with Crippen molar-refractivity contribution in [3.63, 3.8) is 0 Å². The lowest BCUT2D eigenvalue weighted by Gasteiger charge is -2.20. The molecule has 1 aromatic rings. The van der Waals surface area contributed by atoms with Crippen LogP contribution in [0.25, 0.3) is 0 Å². The van der Waals surface area contributed by atoms with E-state index >= 15 is 0 Å². The largest absolute Gasteiger partial charge is 0.486 e. The zero-order valence-corrected chi connectivity index (χ0v) is 10.3. The normalized spacial score (nSPS) is 13.9. The average Bonchev–Trinajstić information content (AvgIpc) is 2.30. The molecule has 0 saturated heterocycles. The molecule has 0 aromatic heterocycles. The average molecular weight is 239 g/mol. The van der Waals surface area contributed by atoms with Crippen molar-refractivity contribution in [3.05, 3.63) is 23.3 Å². The summed E-state index contributed by atoms with van der Waals surface area (Å²) in [6, 6.07) is 4.11. The van der Waals surface area contributed by atoms with Gasteiger partial charge in [-0.15, -0.1) is 0 Å². The molecule has 1 N–H and O–H groups in total. The molecule has 16 heavy (non-hydrogen) atoms. The summed E-state index contributed by atoms with van der Waals surface area (Å²) in [4.78, 5) is 0. The van der Waals surface area contributed by atoms with Gasteiger partial charge in [0, 0.05) is 18.8 Å². The molecule has 0 atom stereocenters. The summed E-state index contributed by atoms with van der Waals surface area (Å²) in [6.45, 7) is 5.14. The fourth-order valence-electron chi connectivity index (χ4n) is 1.73. The van der Waals surface area contributed by atoms with Gasteiger partial charge in [-0.3, -0.25) is 0 Å². The number of hydrogen-bond donors (Lipinski definition) is 2. The van der Waals surface area contributed by atoms with Crippen LogP contribution in [0, 0.1) is 6.92 Å². The van der Waals surface area contributed by atoms with E-state index in [-0.39, 0.29) is 0 Å². The van der Waals surface area contributed by atoms with Crippen LogP contribution in [0.5, 0.6) is 11.5 Å². The Hall–Kier alpha value is -0.870. The van der Waals surface area contributed by atoms with Crippen molar-refractivity contribution in [1.82, 2.24) is 5.32 Å². The first-order valence-electron chi connectivity index (χ1n) is 5.52. The molecule has 0 bridgehead atoms. The minimum Gasteiger partial charge on any atom is -0.486 e. The summed E-state index contributed by atoms with van der Waals surface area (Å²) in [7, 11) is 0. The predicted octanol–water partition coefficient (Wildman–Crippen LogP) is 1.79. The predicted molar refractivity (Wildman–Crippen MR) is 67.7 cm³/mol. The topological polar surface area (TPSA) is 30.5 Å². The van der Waals surface area contributed by atoms with Crippen LogP contribution in [0.4, 0.5) is 0 Å². The number of aryl methyl sites for hydroxylation is 1. The molecule has 0 spiro atoms. The lowest BCUT2D eigenvalue weighted by atomic mass is 10.1. The lowest BCUT2D eigenvalue weighted by molar-refractivity contribution is 0.171. The third-order valence-corrected chi connectivity index (χ3v) is 2.83. The highest BCUT2D eigenvalue weighted by Gasteiger charge is 2.13. The Kier molecular flexibility index (Phi) is 3.96. The van der Waals surface area contributed by atoms with Crippen LogP contribution in [0.2, 0.25) is 0 Å². The van der Waals surface area contributed by atoms with Gasteiger partial charge in [0.15, 0.2) is 11.5 Å². The minimum absolute atomic E-state index is 0.638. The maximum Gasteiger partial charge on any atom is 0.161 e. The second-order valence-corrected chi connectivity index (χ2v) is 4.27. The van der Waals surface area contributed by atoms with Crippen molar-refractivity contribution in [3.8, 4) is 11.5 Å². The van der Waals surface area contributed by atoms with Crippen molar-refractivity contribution >= 4 is 12.6 Å². The zero-order valence-electron chi connectivity index (χ0n) is 9.45.